The standard InChI is InChI=1S/C19H26ClN3O3/c20-15-1-8-23-18(13-15)21-14-19(23)22-6-2-16(3-7-22)25-11-12-26-17-4-9-24-10-5-17/h1,8,13-14,16-17H,2-7,9-12H2. The number of fused-ring (bicyclic) bond motifs is 1. The highest BCUT2D eigenvalue weighted by Gasteiger charge is 2.22. The van der Waals surface area contributed by atoms with E-state index in [1.165, 1.54) is 0 Å². The summed E-state index contributed by atoms with van der Waals surface area (Å²) in [5, 5.41) is 0.713. The van der Waals surface area contributed by atoms with Crippen LogP contribution in [0.25, 0.3) is 5.65 Å². The molecule has 6 nitrogen and oxygen atoms in total. The zero-order valence-corrected chi connectivity index (χ0v) is 15.7. The minimum absolute atomic E-state index is 0.318. The molecule has 0 unspecified atom stereocenters. The van der Waals surface area contributed by atoms with Crippen molar-refractivity contribution in [3.63, 3.8) is 0 Å². The number of rotatable bonds is 6. The maximum absolute atomic E-state index is 6.04. The number of nitrogens with zero attached hydrogens (tertiary/aromatic N) is 3. The second kappa shape index (κ2) is 8.57. The Balaban J connectivity index is 1.21. The third-order valence-corrected chi connectivity index (χ3v) is 5.42. The van der Waals surface area contributed by atoms with Crippen LogP contribution in [0.2, 0.25) is 5.02 Å². The number of aromatic nitrogens is 2. The van der Waals surface area contributed by atoms with E-state index in [2.05, 4.69) is 14.3 Å². The van der Waals surface area contributed by atoms with Gasteiger partial charge in [-0.3, -0.25) is 4.40 Å². The predicted octanol–water partition coefficient (Wildman–Crippen LogP) is 3.17. The molecule has 0 saturated carbocycles. The number of halogens is 1. The molecule has 0 atom stereocenters. The first kappa shape index (κ1) is 18.0. The van der Waals surface area contributed by atoms with Crippen LogP contribution in [-0.4, -0.2) is 61.1 Å². The number of anilines is 1. The van der Waals surface area contributed by atoms with E-state index in [0.29, 0.717) is 30.4 Å². The van der Waals surface area contributed by atoms with E-state index in [4.69, 9.17) is 25.8 Å². The van der Waals surface area contributed by atoms with Gasteiger partial charge in [0, 0.05) is 43.6 Å². The van der Waals surface area contributed by atoms with Gasteiger partial charge in [0.25, 0.3) is 0 Å². The molecule has 0 aliphatic carbocycles. The van der Waals surface area contributed by atoms with Crippen molar-refractivity contribution in [2.24, 2.45) is 0 Å². The van der Waals surface area contributed by atoms with Crippen LogP contribution in [0.4, 0.5) is 5.82 Å². The SMILES string of the molecule is Clc1ccn2c(N3CCC(OCCOC4CCOCC4)CC3)cnc2c1. The topological polar surface area (TPSA) is 48.2 Å². The molecule has 0 N–H and O–H groups in total. The van der Waals surface area contributed by atoms with Crippen LogP contribution >= 0.6 is 11.6 Å². The van der Waals surface area contributed by atoms with Crippen molar-refractivity contribution >= 4 is 23.1 Å². The molecule has 4 rings (SSSR count). The molecule has 2 saturated heterocycles. The lowest BCUT2D eigenvalue weighted by Crippen LogP contribution is -2.38. The van der Waals surface area contributed by atoms with Gasteiger partial charge in [0.1, 0.15) is 11.5 Å². The molecule has 0 bridgehead atoms. The molecule has 7 heteroatoms. The van der Waals surface area contributed by atoms with Crippen molar-refractivity contribution in [2.45, 2.75) is 37.9 Å². The van der Waals surface area contributed by atoms with Crippen LogP contribution in [0.15, 0.2) is 24.5 Å². The van der Waals surface area contributed by atoms with Gasteiger partial charge in [-0.15, -0.1) is 0 Å². The monoisotopic (exact) mass is 379 g/mol. The minimum atomic E-state index is 0.318. The summed E-state index contributed by atoms with van der Waals surface area (Å²) in [6, 6.07) is 3.79. The average molecular weight is 380 g/mol. The fraction of sp³-hybridized carbons (Fsp3) is 0.632. The van der Waals surface area contributed by atoms with E-state index >= 15 is 0 Å². The van der Waals surface area contributed by atoms with Crippen molar-refractivity contribution in [2.75, 3.05) is 44.4 Å². The highest BCUT2D eigenvalue weighted by Crippen LogP contribution is 2.24. The van der Waals surface area contributed by atoms with Gasteiger partial charge in [0.05, 0.1) is 31.6 Å². The summed E-state index contributed by atoms with van der Waals surface area (Å²) in [6.07, 6.45) is 8.63. The Morgan fingerprint density at radius 1 is 1.08 bits per heavy atom. The van der Waals surface area contributed by atoms with Crippen molar-refractivity contribution in [3.8, 4) is 0 Å². The molecule has 2 aromatic heterocycles. The van der Waals surface area contributed by atoms with Gasteiger partial charge in [0.15, 0.2) is 0 Å². The molecule has 2 fully saturated rings. The summed E-state index contributed by atoms with van der Waals surface area (Å²) in [4.78, 5) is 6.83. The largest absolute Gasteiger partial charge is 0.381 e. The van der Waals surface area contributed by atoms with Crippen LogP contribution < -0.4 is 4.90 Å². The molecule has 2 aliphatic heterocycles. The number of ether oxygens (including phenoxy) is 3. The molecular weight excluding hydrogens is 354 g/mol. The normalized spacial score (nSPS) is 20.1. The number of hydrogen-bond donors (Lipinski definition) is 0. The van der Waals surface area contributed by atoms with Gasteiger partial charge in [-0.2, -0.15) is 0 Å². The number of imidazole rings is 1. The zero-order chi connectivity index (χ0) is 17.8. The third-order valence-electron chi connectivity index (χ3n) is 5.18. The molecule has 0 amide bonds. The van der Waals surface area contributed by atoms with Gasteiger partial charge in [0.2, 0.25) is 0 Å². The molecule has 2 aliphatic rings. The fourth-order valence-electron chi connectivity index (χ4n) is 3.70. The van der Waals surface area contributed by atoms with E-state index < -0.39 is 0 Å². The van der Waals surface area contributed by atoms with Crippen LogP contribution in [0, 0.1) is 0 Å². The Kier molecular flexibility index (Phi) is 5.94. The maximum atomic E-state index is 6.04. The van der Waals surface area contributed by atoms with Crippen LogP contribution in [0.3, 0.4) is 0 Å². The van der Waals surface area contributed by atoms with E-state index in [1.807, 2.05) is 24.5 Å². The van der Waals surface area contributed by atoms with E-state index in [1.54, 1.807) is 0 Å². The lowest BCUT2D eigenvalue weighted by molar-refractivity contribution is -0.0625. The lowest BCUT2D eigenvalue weighted by atomic mass is 10.1. The molecule has 26 heavy (non-hydrogen) atoms. The Bertz CT molecular complexity index is 709. The summed E-state index contributed by atoms with van der Waals surface area (Å²) in [7, 11) is 0. The second-order valence-corrected chi connectivity index (χ2v) is 7.37. The first-order valence-electron chi connectivity index (χ1n) is 9.48. The van der Waals surface area contributed by atoms with E-state index in [0.717, 1.165) is 63.5 Å². The molecule has 2 aromatic rings. The average Bonchev–Trinajstić information content (AvgIpc) is 3.09. The van der Waals surface area contributed by atoms with Gasteiger partial charge in [-0.1, -0.05) is 11.6 Å². The summed E-state index contributed by atoms with van der Waals surface area (Å²) in [5.74, 6) is 1.12. The zero-order valence-electron chi connectivity index (χ0n) is 15.0. The molecular formula is C19H26ClN3O3. The first-order valence-corrected chi connectivity index (χ1v) is 9.86. The van der Waals surface area contributed by atoms with Gasteiger partial charge in [-0.25, -0.2) is 4.98 Å². The van der Waals surface area contributed by atoms with Crippen molar-refractivity contribution < 1.29 is 14.2 Å². The third kappa shape index (κ3) is 4.31. The van der Waals surface area contributed by atoms with Crippen molar-refractivity contribution in [1.29, 1.82) is 0 Å². The molecule has 0 spiro atoms. The summed E-state index contributed by atoms with van der Waals surface area (Å²) >= 11 is 6.04. The quantitative estimate of drug-likeness (QED) is 0.721. The number of hydrogen-bond acceptors (Lipinski definition) is 5. The Labute approximate surface area is 159 Å². The Hall–Kier alpha value is -1.34. The Morgan fingerprint density at radius 3 is 2.50 bits per heavy atom. The highest BCUT2D eigenvalue weighted by molar-refractivity contribution is 6.30. The summed E-state index contributed by atoms with van der Waals surface area (Å²) < 4.78 is 19.3. The molecule has 142 valence electrons. The molecule has 0 aromatic carbocycles. The predicted molar refractivity (Wildman–Crippen MR) is 101 cm³/mol. The smallest absolute Gasteiger partial charge is 0.139 e. The number of pyridine rings is 1. The van der Waals surface area contributed by atoms with Crippen LogP contribution in [-0.2, 0) is 14.2 Å². The lowest BCUT2D eigenvalue weighted by Gasteiger charge is -2.33. The van der Waals surface area contributed by atoms with Crippen LogP contribution in [0.1, 0.15) is 25.7 Å². The van der Waals surface area contributed by atoms with E-state index in [9.17, 15) is 0 Å². The van der Waals surface area contributed by atoms with Gasteiger partial charge < -0.3 is 19.1 Å². The van der Waals surface area contributed by atoms with E-state index in [-0.39, 0.29) is 0 Å². The van der Waals surface area contributed by atoms with Crippen molar-refractivity contribution in [1.82, 2.24) is 9.38 Å². The Morgan fingerprint density at radius 2 is 1.77 bits per heavy atom. The maximum Gasteiger partial charge on any atom is 0.139 e. The summed E-state index contributed by atoms with van der Waals surface area (Å²) in [6.45, 7) is 4.94. The van der Waals surface area contributed by atoms with Crippen molar-refractivity contribution in [3.05, 3.63) is 29.5 Å². The second-order valence-electron chi connectivity index (χ2n) is 6.93. The highest BCUT2D eigenvalue weighted by atomic mass is 35.5. The summed E-state index contributed by atoms with van der Waals surface area (Å²) in [5.41, 5.74) is 0.885. The van der Waals surface area contributed by atoms with Crippen LogP contribution in [0.5, 0.6) is 0 Å². The first-order chi connectivity index (χ1) is 12.8. The molecule has 0 radical (unpaired) electrons. The number of piperidine rings is 1. The fourth-order valence-corrected chi connectivity index (χ4v) is 3.85. The molecule has 4 heterocycles. The van der Waals surface area contributed by atoms with Gasteiger partial charge in [-0.05, 0) is 31.7 Å². The minimum Gasteiger partial charge on any atom is -0.381 e. The van der Waals surface area contributed by atoms with Gasteiger partial charge >= 0.3 is 0 Å².